The summed E-state index contributed by atoms with van der Waals surface area (Å²) >= 11 is 0. The Hall–Kier alpha value is -0.900. The summed E-state index contributed by atoms with van der Waals surface area (Å²) in [6.45, 7) is 7.59. The number of benzene rings is 1. The fourth-order valence-electron chi connectivity index (χ4n) is 2.70. The molecule has 0 radical (unpaired) electrons. The molecule has 0 aromatic heterocycles. The predicted molar refractivity (Wildman–Crippen MR) is 115 cm³/mol. The molecular formula is C19H32IN3O3. The van der Waals surface area contributed by atoms with Crippen LogP contribution in [0.5, 0.6) is 0 Å². The Morgan fingerprint density at radius 1 is 1.35 bits per heavy atom. The van der Waals surface area contributed by atoms with Crippen LogP contribution >= 0.6 is 24.0 Å². The first kappa shape index (κ1) is 23.1. The van der Waals surface area contributed by atoms with Crippen molar-refractivity contribution in [1.82, 2.24) is 10.6 Å². The summed E-state index contributed by atoms with van der Waals surface area (Å²) in [7, 11) is 0. The van der Waals surface area contributed by atoms with Gasteiger partial charge in [0, 0.05) is 19.7 Å². The van der Waals surface area contributed by atoms with E-state index in [4.69, 9.17) is 9.47 Å². The Morgan fingerprint density at radius 2 is 2.12 bits per heavy atom. The van der Waals surface area contributed by atoms with Crippen molar-refractivity contribution in [3.63, 3.8) is 0 Å². The average Bonchev–Trinajstić information content (AvgIpc) is 3.13. The fourth-order valence-corrected chi connectivity index (χ4v) is 2.70. The normalized spacial score (nSPS) is 19.5. The molecule has 1 aliphatic rings. The maximum absolute atomic E-state index is 10.6. The topological polar surface area (TPSA) is 75.1 Å². The summed E-state index contributed by atoms with van der Waals surface area (Å²) in [6, 6.07) is 9.60. The molecule has 3 N–H and O–H groups in total. The molecule has 7 heteroatoms. The largest absolute Gasteiger partial charge is 0.384 e. The van der Waals surface area contributed by atoms with E-state index in [0.717, 1.165) is 31.6 Å². The van der Waals surface area contributed by atoms with Crippen LogP contribution in [0.1, 0.15) is 32.3 Å². The first-order valence-electron chi connectivity index (χ1n) is 9.11. The second-order valence-electron chi connectivity index (χ2n) is 6.47. The molecule has 2 rings (SSSR count). The average molecular weight is 477 g/mol. The van der Waals surface area contributed by atoms with Gasteiger partial charge in [-0.3, -0.25) is 0 Å². The van der Waals surface area contributed by atoms with E-state index in [1.54, 1.807) is 6.92 Å². The maximum atomic E-state index is 10.6. The lowest BCUT2D eigenvalue weighted by molar-refractivity contribution is 0.0191. The Labute approximate surface area is 173 Å². The van der Waals surface area contributed by atoms with E-state index >= 15 is 0 Å². The Kier molecular flexibility index (Phi) is 11.1. The van der Waals surface area contributed by atoms with Gasteiger partial charge < -0.3 is 25.2 Å². The first-order valence-corrected chi connectivity index (χ1v) is 9.11. The molecular weight excluding hydrogens is 445 g/mol. The van der Waals surface area contributed by atoms with Crippen LogP contribution in [0.25, 0.3) is 0 Å². The molecule has 0 amide bonds. The number of nitrogens with one attached hydrogen (secondary N) is 2. The number of halogens is 1. The monoisotopic (exact) mass is 477 g/mol. The van der Waals surface area contributed by atoms with Gasteiger partial charge in [-0.2, -0.15) is 0 Å². The molecule has 6 nitrogen and oxygen atoms in total. The van der Waals surface area contributed by atoms with Gasteiger partial charge in [0.05, 0.1) is 25.9 Å². The van der Waals surface area contributed by atoms with E-state index in [2.05, 4.69) is 15.6 Å². The van der Waals surface area contributed by atoms with Gasteiger partial charge in [0.2, 0.25) is 0 Å². The highest BCUT2D eigenvalue weighted by Gasteiger charge is 2.22. The number of ether oxygens (including phenoxy) is 2. The molecule has 1 aromatic carbocycles. The molecule has 0 saturated carbocycles. The van der Waals surface area contributed by atoms with Crippen LogP contribution < -0.4 is 10.6 Å². The van der Waals surface area contributed by atoms with Crippen molar-refractivity contribution in [2.24, 2.45) is 4.99 Å². The van der Waals surface area contributed by atoms with Gasteiger partial charge in [0.1, 0.15) is 5.60 Å². The Balaban J connectivity index is 0.00000338. The van der Waals surface area contributed by atoms with Gasteiger partial charge >= 0.3 is 0 Å². The van der Waals surface area contributed by atoms with Crippen molar-refractivity contribution in [3.8, 4) is 0 Å². The van der Waals surface area contributed by atoms with E-state index in [1.807, 2.05) is 37.3 Å². The van der Waals surface area contributed by atoms with E-state index in [0.29, 0.717) is 25.7 Å². The lowest BCUT2D eigenvalue weighted by Gasteiger charge is -2.22. The molecule has 26 heavy (non-hydrogen) atoms. The minimum Gasteiger partial charge on any atom is -0.384 e. The van der Waals surface area contributed by atoms with Crippen molar-refractivity contribution in [3.05, 3.63) is 35.9 Å². The third kappa shape index (κ3) is 8.20. The molecule has 1 aliphatic heterocycles. The number of hydrogen-bond donors (Lipinski definition) is 3. The molecule has 1 fully saturated rings. The molecule has 0 bridgehead atoms. The van der Waals surface area contributed by atoms with Gasteiger partial charge in [-0.15, -0.1) is 24.0 Å². The first-order chi connectivity index (χ1) is 12.1. The Morgan fingerprint density at radius 3 is 2.77 bits per heavy atom. The Bertz CT molecular complexity index is 520. The van der Waals surface area contributed by atoms with Gasteiger partial charge in [0.25, 0.3) is 0 Å². The van der Waals surface area contributed by atoms with Crippen LogP contribution in [0.3, 0.4) is 0 Å². The number of nitrogens with zero attached hydrogens (tertiary/aromatic N) is 1. The van der Waals surface area contributed by atoms with E-state index in [9.17, 15) is 5.11 Å². The number of rotatable bonds is 9. The molecule has 1 heterocycles. The van der Waals surface area contributed by atoms with Gasteiger partial charge in [-0.1, -0.05) is 30.3 Å². The van der Waals surface area contributed by atoms with Crippen LogP contribution in [0.15, 0.2) is 35.3 Å². The minimum atomic E-state index is -1.00. The van der Waals surface area contributed by atoms with Gasteiger partial charge in [-0.05, 0) is 32.3 Å². The standard InChI is InChI=1S/C19H31N3O3.HI/c1-3-20-18(21-11-13-24-14-17-10-7-12-25-17)22-15-19(2,23)16-8-5-4-6-9-16;/h4-6,8-9,17,23H,3,7,10-15H2,1-2H3,(H2,20,21,22);1H. The maximum Gasteiger partial charge on any atom is 0.191 e. The summed E-state index contributed by atoms with van der Waals surface area (Å²) in [5.74, 6) is 0.680. The molecule has 1 saturated heterocycles. The van der Waals surface area contributed by atoms with Crippen molar-refractivity contribution >= 4 is 29.9 Å². The molecule has 0 aliphatic carbocycles. The number of guanidine groups is 1. The molecule has 1 aromatic rings. The third-order valence-electron chi connectivity index (χ3n) is 4.15. The lowest BCUT2D eigenvalue weighted by atomic mass is 9.96. The van der Waals surface area contributed by atoms with Crippen molar-refractivity contribution in [2.45, 2.75) is 38.4 Å². The summed E-state index contributed by atoms with van der Waals surface area (Å²) in [5.41, 5.74) is -0.144. The highest BCUT2D eigenvalue weighted by Crippen LogP contribution is 2.20. The van der Waals surface area contributed by atoms with E-state index in [1.165, 1.54) is 0 Å². The van der Waals surface area contributed by atoms with Gasteiger partial charge in [-0.25, -0.2) is 4.99 Å². The second kappa shape index (κ2) is 12.5. The van der Waals surface area contributed by atoms with Crippen molar-refractivity contribution < 1.29 is 14.6 Å². The second-order valence-corrected chi connectivity index (χ2v) is 6.47. The highest BCUT2D eigenvalue weighted by atomic mass is 127. The predicted octanol–water partition coefficient (Wildman–Crippen LogP) is 2.26. The minimum absolute atomic E-state index is 0. The van der Waals surface area contributed by atoms with Crippen molar-refractivity contribution in [1.29, 1.82) is 0 Å². The fraction of sp³-hybridized carbons (Fsp3) is 0.632. The number of aliphatic imine (C=N–C) groups is 1. The summed E-state index contributed by atoms with van der Waals surface area (Å²) in [4.78, 5) is 4.50. The lowest BCUT2D eigenvalue weighted by Crippen LogP contribution is -2.40. The van der Waals surface area contributed by atoms with E-state index < -0.39 is 5.60 Å². The quantitative estimate of drug-likeness (QED) is 0.220. The summed E-state index contributed by atoms with van der Waals surface area (Å²) in [5, 5.41) is 17.1. The van der Waals surface area contributed by atoms with Crippen LogP contribution in [-0.4, -0.2) is 56.6 Å². The number of hydrogen-bond acceptors (Lipinski definition) is 4. The smallest absolute Gasteiger partial charge is 0.191 e. The summed E-state index contributed by atoms with van der Waals surface area (Å²) in [6.07, 6.45) is 2.47. The van der Waals surface area contributed by atoms with Crippen LogP contribution in [0.2, 0.25) is 0 Å². The zero-order chi connectivity index (χ0) is 18.0. The summed E-state index contributed by atoms with van der Waals surface area (Å²) < 4.78 is 11.2. The van der Waals surface area contributed by atoms with Crippen molar-refractivity contribution in [2.75, 3.05) is 39.5 Å². The molecule has 0 spiro atoms. The highest BCUT2D eigenvalue weighted by molar-refractivity contribution is 14.0. The van der Waals surface area contributed by atoms with Crippen LogP contribution in [0.4, 0.5) is 0 Å². The van der Waals surface area contributed by atoms with Crippen LogP contribution in [0, 0.1) is 0 Å². The third-order valence-corrected chi connectivity index (χ3v) is 4.15. The zero-order valence-corrected chi connectivity index (χ0v) is 18.1. The zero-order valence-electron chi connectivity index (χ0n) is 15.7. The molecule has 2 atom stereocenters. The molecule has 148 valence electrons. The van der Waals surface area contributed by atoms with Crippen LogP contribution in [-0.2, 0) is 15.1 Å². The van der Waals surface area contributed by atoms with Gasteiger partial charge in [0.15, 0.2) is 5.96 Å². The number of aliphatic hydroxyl groups is 1. The SMILES string of the molecule is CCNC(=NCC(C)(O)c1ccccc1)NCCOCC1CCCO1.I. The van der Waals surface area contributed by atoms with E-state index in [-0.39, 0.29) is 36.6 Å². The molecule has 2 unspecified atom stereocenters.